The summed E-state index contributed by atoms with van der Waals surface area (Å²) in [6.45, 7) is 2.14. The fourth-order valence-electron chi connectivity index (χ4n) is 1.64. The second kappa shape index (κ2) is 3.11. The van der Waals surface area contributed by atoms with Gasteiger partial charge in [0.25, 0.3) is 0 Å². The molecule has 0 atom stereocenters. The predicted molar refractivity (Wildman–Crippen MR) is 59.4 cm³/mol. The molecule has 1 heterocycles. The van der Waals surface area contributed by atoms with E-state index in [9.17, 15) is 0 Å². The second-order valence-electron chi connectivity index (χ2n) is 3.24. The summed E-state index contributed by atoms with van der Waals surface area (Å²) in [7, 11) is 2.11. The fraction of sp³-hybridized carbons (Fsp3) is 0.273. The highest BCUT2D eigenvalue weighted by Gasteiger charge is 2.04. The van der Waals surface area contributed by atoms with E-state index in [-0.39, 0.29) is 0 Å². The molecule has 0 saturated heterocycles. The van der Waals surface area contributed by atoms with Crippen molar-refractivity contribution in [2.45, 2.75) is 11.8 Å². The Labute approximate surface area is 82.8 Å². The van der Waals surface area contributed by atoms with Crippen molar-refractivity contribution in [1.82, 2.24) is 4.57 Å². The summed E-state index contributed by atoms with van der Waals surface area (Å²) in [5, 5.41) is 1.37. The molecular weight excluding hydrogens is 178 g/mol. The van der Waals surface area contributed by atoms with Gasteiger partial charge in [-0.3, -0.25) is 0 Å². The number of thioether (sulfide) groups is 1. The third-order valence-electron chi connectivity index (χ3n) is 2.51. The van der Waals surface area contributed by atoms with Crippen LogP contribution in [0, 0.1) is 6.92 Å². The number of aromatic nitrogens is 1. The van der Waals surface area contributed by atoms with E-state index in [4.69, 9.17) is 0 Å². The van der Waals surface area contributed by atoms with E-state index < -0.39 is 0 Å². The molecule has 1 aromatic carbocycles. The topological polar surface area (TPSA) is 4.93 Å². The predicted octanol–water partition coefficient (Wildman–Crippen LogP) is 3.21. The second-order valence-corrected chi connectivity index (χ2v) is 4.09. The van der Waals surface area contributed by atoms with Crippen LogP contribution in [0.1, 0.15) is 5.69 Å². The summed E-state index contributed by atoms with van der Waals surface area (Å²) in [6.07, 6.45) is 2.12. The minimum absolute atomic E-state index is 1.32. The molecule has 0 fully saturated rings. The van der Waals surface area contributed by atoms with Gasteiger partial charge in [0.15, 0.2) is 0 Å². The van der Waals surface area contributed by atoms with Crippen LogP contribution in [0.15, 0.2) is 29.2 Å². The molecular formula is C11H13NS. The number of nitrogens with zero attached hydrogens (tertiary/aromatic N) is 1. The maximum atomic E-state index is 2.25. The SMILES string of the molecule is CSc1cccc2c1cc(C)n2C. The molecule has 2 rings (SSSR count). The largest absolute Gasteiger partial charge is 0.348 e. The number of hydrogen-bond donors (Lipinski definition) is 0. The highest BCUT2D eigenvalue weighted by atomic mass is 32.2. The minimum atomic E-state index is 1.32. The van der Waals surface area contributed by atoms with Crippen LogP contribution in [0.4, 0.5) is 0 Å². The zero-order chi connectivity index (χ0) is 9.42. The molecule has 0 unspecified atom stereocenters. The van der Waals surface area contributed by atoms with E-state index in [1.54, 1.807) is 11.8 Å². The van der Waals surface area contributed by atoms with Gasteiger partial charge in [-0.2, -0.15) is 0 Å². The summed E-state index contributed by atoms with van der Waals surface area (Å²) in [5.41, 5.74) is 2.64. The van der Waals surface area contributed by atoms with Crippen LogP contribution in [0.25, 0.3) is 10.9 Å². The highest BCUT2D eigenvalue weighted by Crippen LogP contribution is 2.27. The average Bonchev–Trinajstić information content (AvgIpc) is 2.43. The lowest BCUT2D eigenvalue weighted by molar-refractivity contribution is 0.918. The third kappa shape index (κ3) is 1.25. The summed E-state index contributed by atoms with van der Waals surface area (Å²) < 4.78 is 2.23. The van der Waals surface area contributed by atoms with Crippen molar-refractivity contribution in [3.8, 4) is 0 Å². The average molecular weight is 191 g/mol. The molecule has 1 nitrogen and oxygen atoms in total. The smallest absolute Gasteiger partial charge is 0.0491 e. The van der Waals surface area contributed by atoms with Gasteiger partial charge in [-0.1, -0.05) is 6.07 Å². The van der Waals surface area contributed by atoms with Gasteiger partial charge in [-0.25, -0.2) is 0 Å². The Hall–Kier alpha value is -0.890. The molecule has 68 valence electrons. The van der Waals surface area contributed by atoms with Crippen LogP contribution in [-0.2, 0) is 7.05 Å². The molecule has 0 amide bonds. The highest BCUT2D eigenvalue weighted by molar-refractivity contribution is 7.98. The molecule has 0 aliphatic rings. The monoisotopic (exact) mass is 191 g/mol. The molecule has 0 aliphatic carbocycles. The lowest BCUT2D eigenvalue weighted by Crippen LogP contribution is -1.88. The quantitative estimate of drug-likeness (QED) is 0.627. The van der Waals surface area contributed by atoms with Crippen LogP contribution in [0.3, 0.4) is 0 Å². The molecule has 0 aliphatic heterocycles. The summed E-state index contributed by atoms with van der Waals surface area (Å²) in [6, 6.07) is 8.71. The first-order chi connectivity index (χ1) is 6.24. The van der Waals surface area contributed by atoms with Gasteiger partial charge < -0.3 is 4.57 Å². The van der Waals surface area contributed by atoms with Crippen molar-refractivity contribution >= 4 is 22.7 Å². The molecule has 2 aromatic rings. The number of benzene rings is 1. The molecule has 2 heteroatoms. The third-order valence-corrected chi connectivity index (χ3v) is 3.30. The lowest BCUT2D eigenvalue weighted by Gasteiger charge is -2.00. The zero-order valence-electron chi connectivity index (χ0n) is 8.16. The molecule has 0 N–H and O–H groups in total. The first-order valence-electron chi connectivity index (χ1n) is 4.33. The Balaban J connectivity index is 2.84. The summed E-state index contributed by atoms with van der Waals surface area (Å²) >= 11 is 1.81. The standard InChI is InChI=1S/C11H13NS/c1-8-7-9-10(12(8)2)5-4-6-11(9)13-3/h4-7H,1-3H3. The molecule has 0 bridgehead atoms. The number of aryl methyl sites for hydroxylation is 2. The van der Waals surface area contributed by atoms with E-state index in [1.165, 1.54) is 21.5 Å². The fourth-order valence-corrected chi connectivity index (χ4v) is 2.24. The molecule has 0 radical (unpaired) electrons. The molecule has 0 saturated carbocycles. The Bertz CT molecular complexity index is 443. The maximum absolute atomic E-state index is 2.25. The van der Waals surface area contributed by atoms with Crippen molar-refractivity contribution in [3.63, 3.8) is 0 Å². The van der Waals surface area contributed by atoms with E-state index in [2.05, 4.69) is 49.1 Å². The van der Waals surface area contributed by atoms with Crippen LogP contribution < -0.4 is 0 Å². The van der Waals surface area contributed by atoms with Gasteiger partial charge in [-0.15, -0.1) is 11.8 Å². The van der Waals surface area contributed by atoms with Crippen LogP contribution in [0.5, 0.6) is 0 Å². The van der Waals surface area contributed by atoms with Crippen LogP contribution in [0.2, 0.25) is 0 Å². The first kappa shape index (κ1) is 8.70. The van der Waals surface area contributed by atoms with Gasteiger partial charge >= 0.3 is 0 Å². The number of rotatable bonds is 1. The van der Waals surface area contributed by atoms with Gasteiger partial charge in [0, 0.05) is 28.5 Å². The summed E-state index contributed by atoms with van der Waals surface area (Å²) in [4.78, 5) is 1.36. The van der Waals surface area contributed by atoms with Gasteiger partial charge in [0.05, 0.1) is 0 Å². The zero-order valence-corrected chi connectivity index (χ0v) is 8.98. The maximum Gasteiger partial charge on any atom is 0.0491 e. The first-order valence-corrected chi connectivity index (χ1v) is 5.55. The lowest BCUT2D eigenvalue weighted by atomic mass is 10.2. The van der Waals surface area contributed by atoms with Crippen molar-refractivity contribution in [1.29, 1.82) is 0 Å². The minimum Gasteiger partial charge on any atom is -0.348 e. The van der Waals surface area contributed by atoms with E-state index >= 15 is 0 Å². The van der Waals surface area contributed by atoms with Crippen LogP contribution in [-0.4, -0.2) is 10.8 Å². The van der Waals surface area contributed by atoms with Crippen molar-refractivity contribution in [2.24, 2.45) is 7.05 Å². The van der Waals surface area contributed by atoms with Gasteiger partial charge in [0.2, 0.25) is 0 Å². The Morgan fingerprint density at radius 2 is 2.08 bits per heavy atom. The molecule has 0 spiro atoms. The summed E-state index contributed by atoms with van der Waals surface area (Å²) in [5.74, 6) is 0. The Morgan fingerprint density at radius 3 is 2.77 bits per heavy atom. The van der Waals surface area contributed by atoms with E-state index in [0.717, 1.165) is 0 Å². The number of hydrogen-bond acceptors (Lipinski definition) is 1. The van der Waals surface area contributed by atoms with Crippen molar-refractivity contribution in [3.05, 3.63) is 30.0 Å². The van der Waals surface area contributed by atoms with Crippen molar-refractivity contribution < 1.29 is 0 Å². The normalized spacial score (nSPS) is 11.0. The van der Waals surface area contributed by atoms with Crippen molar-refractivity contribution in [2.75, 3.05) is 6.26 Å². The van der Waals surface area contributed by atoms with E-state index in [1.807, 2.05) is 0 Å². The van der Waals surface area contributed by atoms with E-state index in [0.29, 0.717) is 0 Å². The molecule has 13 heavy (non-hydrogen) atoms. The van der Waals surface area contributed by atoms with Gasteiger partial charge in [0.1, 0.15) is 0 Å². The number of fused-ring (bicyclic) bond motifs is 1. The van der Waals surface area contributed by atoms with Crippen LogP contribution >= 0.6 is 11.8 Å². The van der Waals surface area contributed by atoms with Gasteiger partial charge in [-0.05, 0) is 31.4 Å². The Kier molecular flexibility index (Phi) is 2.08. The molecule has 1 aromatic heterocycles. The Morgan fingerprint density at radius 1 is 1.31 bits per heavy atom.